The van der Waals surface area contributed by atoms with Crippen LogP contribution in [-0.4, -0.2) is 45.2 Å². The second-order valence-electron chi connectivity index (χ2n) is 5.96. The Morgan fingerprint density at radius 2 is 1.84 bits per heavy atom. The topological polar surface area (TPSA) is 90.9 Å². The molecule has 1 aromatic rings. The minimum absolute atomic E-state index is 0.128. The average molecular weight is 349 g/mol. The van der Waals surface area contributed by atoms with Crippen molar-refractivity contribution in [3.63, 3.8) is 0 Å². The number of rotatable bonds is 5. The van der Waals surface area contributed by atoms with E-state index < -0.39 is 5.97 Å². The lowest BCUT2D eigenvalue weighted by Gasteiger charge is -2.28. The van der Waals surface area contributed by atoms with E-state index in [1.807, 2.05) is 0 Å². The number of amides is 1. The highest BCUT2D eigenvalue weighted by Gasteiger charge is 2.29. The maximum Gasteiger partial charge on any atom is 0.337 e. The van der Waals surface area contributed by atoms with Gasteiger partial charge in [-0.05, 0) is 37.5 Å². The molecule has 7 nitrogen and oxygen atoms in total. The van der Waals surface area contributed by atoms with E-state index in [-0.39, 0.29) is 35.0 Å². The van der Waals surface area contributed by atoms with E-state index in [4.69, 9.17) is 9.47 Å². The third-order valence-corrected chi connectivity index (χ3v) is 4.41. The number of carbonyl (C=O) groups excluding carboxylic acids is 3. The number of carbonyl (C=O) groups is 3. The van der Waals surface area contributed by atoms with Gasteiger partial charge in [-0.25, -0.2) is 4.79 Å². The lowest BCUT2D eigenvalue weighted by atomic mass is 9.85. The lowest BCUT2D eigenvalue weighted by Crippen LogP contribution is -2.40. The maximum atomic E-state index is 12.6. The molecule has 0 saturated heterocycles. The van der Waals surface area contributed by atoms with Crippen LogP contribution < -0.4 is 10.1 Å². The summed E-state index contributed by atoms with van der Waals surface area (Å²) in [4.78, 5) is 36.0. The molecule has 1 amide bonds. The van der Waals surface area contributed by atoms with Crippen molar-refractivity contribution >= 4 is 17.8 Å². The molecule has 1 aliphatic carbocycles. The second-order valence-corrected chi connectivity index (χ2v) is 5.96. The molecule has 136 valence electrons. The molecule has 0 heterocycles. The van der Waals surface area contributed by atoms with Gasteiger partial charge in [0.1, 0.15) is 5.75 Å². The van der Waals surface area contributed by atoms with Gasteiger partial charge in [0, 0.05) is 6.04 Å². The van der Waals surface area contributed by atoms with E-state index in [2.05, 4.69) is 10.1 Å². The molecule has 0 aliphatic heterocycles. The first-order valence-electron chi connectivity index (χ1n) is 8.15. The molecule has 2 unspecified atom stereocenters. The molecular formula is C18H23NO6. The first kappa shape index (κ1) is 18.8. The summed E-state index contributed by atoms with van der Waals surface area (Å²) < 4.78 is 14.7. The Labute approximate surface area is 146 Å². The van der Waals surface area contributed by atoms with Crippen molar-refractivity contribution in [1.29, 1.82) is 0 Å². The summed E-state index contributed by atoms with van der Waals surface area (Å²) in [5.41, 5.74) is 0.523. The van der Waals surface area contributed by atoms with Crippen molar-refractivity contribution in [2.45, 2.75) is 31.7 Å². The quantitative estimate of drug-likeness (QED) is 0.817. The van der Waals surface area contributed by atoms with Crippen LogP contribution in [0.5, 0.6) is 5.75 Å². The number of esters is 2. The van der Waals surface area contributed by atoms with Gasteiger partial charge in [-0.1, -0.05) is 6.42 Å². The zero-order chi connectivity index (χ0) is 18.4. The van der Waals surface area contributed by atoms with Crippen molar-refractivity contribution in [2.75, 3.05) is 21.3 Å². The van der Waals surface area contributed by atoms with Gasteiger partial charge in [0.25, 0.3) is 5.91 Å². The molecule has 7 heteroatoms. The molecule has 1 N–H and O–H groups in total. The molecule has 1 saturated carbocycles. The first-order valence-corrected chi connectivity index (χ1v) is 8.15. The van der Waals surface area contributed by atoms with Crippen molar-refractivity contribution in [3.05, 3.63) is 29.3 Å². The van der Waals surface area contributed by atoms with Gasteiger partial charge < -0.3 is 19.5 Å². The van der Waals surface area contributed by atoms with Crippen LogP contribution in [0.4, 0.5) is 0 Å². The highest BCUT2D eigenvalue weighted by atomic mass is 16.5. The molecule has 0 radical (unpaired) electrons. The van der Waals surface area contributed by atoms with E-state index in [1.54, 1.807) is 6.07 Å². The van der Waals surface area contributed by atoms with Gasteiger partial charge in [0.05, 0.1) is 38.4 Å². The molecule has 1 aliphatic rings. The zero-order valence-electron chi connectivity index (χ0n) is 14.7. The summed E-state index contributed by atoms with van der Waals surface area (Å²) in [6.07, 6.45) is 2.93. The van der Waals surface area contributed by atoms with Crippen LogP contribution in [0.15, 0.2) is 18.2 Å². The molecule has 0 spiro atoms. The Kier molecular flexibility index (Phi) is 6.38. The Bertz CT molecular complexity index is 657. The fourth-order valence-electron chi connectivity index (χ4n) is 3.10. The summed E-state index contributed by atoms with van der Waals surface area (Å²) in [7, 11) is 4.10. The van der Waals surface area contributed by atoms with Gasteiger partial charge in [0.2, 0.25) is 0 Å². The van der Waals surface area contributed by atoms with Crippen molar-refractivity contribution in [2.24, 2.45) is 5.92 Å². The zero-order valence-corrected chi connectivity index (χ0v) is 14.7. The van der Waals surface area contributed by atoms with Crippen LogP contribution in [0.3, 0.4) is 0 Å². The van der Waals surface area contributed by atoms with E-state index >= 15 is 0 Å². The maximum absolute atomic E-state index is 12.6. The smallest absolute Gasteiger partial charge is 0.337 e. The highest BCUT2D eigenvalue weighted by Crippen LogP contribution is 2.26. The molecule has 0 bridgehead atoms. The molecule has 2 rings (SSSR count). The van der Waals surface area contributed by atoms with Crippen molar-refractivity contribution in [1.82, 2.24) is 5.32 Å². The SMILES string of the molecule is COC(=O)c1ccc(OC)c(C(=O)NC2CCCC(C(=O)OC)C2)c1. The lowest BCUT2D eigenvalue weighted by molar-refractivity contribution is -0.146. The summed E-state index contributed by atoms with van der Waals surface area (Å²) >= 11 is 0. The number of methoxy groups -OCH3 is 3. The third-order valence-electron chi connectivity index (χ3n) is 4.41. The first-order chi connectivity index (χ1) is 12.0. The summed E-state index contributed by atoms with van der Waals surface area (Å²) in [6, 6.07) is 4.41. The van der Waals surface area contributed by atoms with Gasteiger partial charge in [-0.3, -0.25) is 9.59 Å². The molecule has 1 fully saturated rings. The normalized spacial score (nSPS) is 19.6. The van der Waals surface area contributed by atoms with Crippen LogP contribution in [0.2, 0.25) is 0 Å². The fourth-order valence-corrected chi connectivity index (χ4v) is 3.10. The Morgan fingerprint density at radius 3 is 2.48 bits per heavy atom. The van der Waals surface area contributed by atoms with Crippen LogP contribution in [0.25, 0.3) is 0 Å². The number of ether oxygens (including phenoxy) is 3. The van der Waals surface area contributed by atoms with E-state index in [0.29, 0.717) is 12.2 Å². The molecule has 0 aromatic heterocycles. The molecular weight excluding hydrogens is 326 g/mol. The van der Waals surface area contributed by atoms with Crippen LogP contribution in [0, 0.1) is 5.92 Å². The molecule has 25 heavy (non-hydrogen) atoms. The minimum Gasteiger partial charge on any atom is -0.496 e. The summed E-state index contributed by atoms with van der Waals surface area (Å²) in [5.74, 6) is -0.958. The van der Waals surface area contributed by atoms with Crippen LogP contribution in [0.1, 0.15) is 46.4 Å². The predicted octanol–water partition coefficient (Wildman–Crippen LogP) is 1.94. The van der Waals surface area contributed by atoms with Crippen molar-refractivity contribution < 1.29 is 28.6 Å². The van der Waals surface area contributed by atoms with Gasteiger partial charge in [-0.2, -0.15) is 0 Å². The largest absolute Gasteiger partial charge is 0.496 e. The third kappa shape index (κ3) is 4.49. The minimum atomic E-state index is -0.528. The Hall–Kier alpha value is -2.57. The Morgan fingerprint density at radius 1 is 1.08 bits per heavy atom. The summed E-state index contributed by atoms with van der Waals surface area (Å²) in [5, 5.41) is 2.92. The Balaban J connectivity index is 2.14. The molecule has 2 atom stereocenters. The highest BCUT2D eigenvalue weighted by molar-refractivity contribution is 6.00. The second kappa shape index (κ2) is 8.50. The van der Waals surface area contributed by atoms with E-state index in [1.165, 1.54) is 33.5 Å². The predicted molar refractivity (Wildman–Crippen MR) is 89.6 cm³/mol. The van der Waals surface area contributed by atoms with E-state index in [9.17, 15) is 14.4 Å². The average Bonchev–Trinajstić information content (AvgIpc) is 2.66. The number of benzene rings is 1. The van der Waals surface area contributed by atoms with Crippen LogP contribution >= 0.6 is 0 Å². The number of nitrogens with one attached hydrogen (secondary N) is 1. The van der Waals surface area contributed by atoms with Gasteiger partial charge in [0.15, 0.2) is 0 Å². The molecule has 1 aromatic carbocycles. The standard InChI is InChI=1S/C18H23NO6/c1-23-15-8-7-12(18(22)25-3)10-14(15)16(20)19-13-6-4-5-11(9-13)17(21)24-2/h7-8,10-11,13H,4-6,9H2,1-3H3,(H,19,20). The van der Waals surface area contributed by atoms with Crippen molar-refractivity contribution in [3.8, 4) is 5.75 Å². The van der Waals surface area contributed by atoms with Gasteiger partial charge >= 0.3 is 11.9 Å². The van der Waals surface area contributed by atoms with Crippen LogP contribution in [-0.2, 0) is 14.3 Å². The monoisotopic (exact) mass is 349 g/mol. The van der Waals surface area contributed by atoms with E-state index in [0.717, 1.165) is 19.3 Å². The number of hydrogen-bond acceptors (Lipinski definition) is 6. The summed E-state index contributed by atoms with van der Waals surface area (Å²) in [6.45, 7) is 0. The number of hydrogen-bond donors (Lipinski definition) is 1. The fraction of sp³-hybridized carbons (Fsp3) is 0.500. The van der Waals surface area contributed by atoms with Gasteiger partial charge in [-0.15, -0.1) is 0 Å².